The summed E-state index contributed by atoms with van der Waals surface area (Å²) in [5.74, 6) is -1.54. The largest absolute Gasteiger partial charge is 0.481 e. The first-order valence-corrected chi connectivity index (χ1v) is 5.47. The molecule has 0 rings (SSSR count). The van der Waals surface area contributed by atoms with E-state index >= 15 is 0 Å². The molecule has 0 aliphatic heterocycles. The van der Waals surface area contributed by atoms with Crippen molar-refractivity contribution in [1.82, 2.24) is 0 Å². The van der Waals surface area contributed by atoms with Gasteiger partial charge in [-0.2, -0.15) is 0 Å². The van der Waals surface area contributed by atoms with E-state index in [9.17, 15) is 9.59 Å². The van der Waals surface area contributed by atoms with E-state index in [-0.39, 0.29) is 31.5 Å². The minimum Gasteiger partial charge on any atom is -0.481 e. The Kier molecular flexibility index (Phi) is 8.50. The summed E-state index contributed by atoms with van der Waals surface area (Å²) in [4.78, 5) is 24.1. The molecular weight excluding hydrogens is 226 g/mol. The number of hydrogen-bond donors (Lipinski definition) is 1. The van der Waals surface area contributed by atoms with Crippen molar-refractivity contribution in [1.29, 1.82) is 0 Å². The van der Waals surface area contributed by atoms with Crippen molar-refractivity contribution < 1.29 is 19.4 Å². The van der Waals surface area contributed by atoms with Crippen LogP contribution in [0.3, 0.4) is 0 Å². The Morgan fingerprint density at radius 2 is 2.18 bits per heavy atom. The van der Waals surface area contributed by atoms with Crippen molar-refractivity contribution in [2.24, 2.45) is 11.0 Å². The van der Waals surface area contributed by atoms with E-state index in [1.807, 2.05) is 0 Å². The number of unbranched alkanes of at least 4 members (excludes halogenated alkanes) is 1. The highest BCUT2D eigenvalue weighted by Crippen LogP contribution is 2.09. The Bertz CT molecular complexity index is 300. The number of azide groups is 1. The molecule has 0 aliphatic rings. The molecule has 0 amide bonds. The van der Waals surface area contributed by atoms with Gasteiger partial charge in [0.15, 0.2) is 0 Å². The Labute approximate surface area is 99.4 Å². The number of esters is 1. The van der Waals surface area contributed by atoms with Crippen LogP contribution < -0.4 is 0 Å². The van der Waals surface area contributed by atoms with Crippen molar-refractivity contribution in [2.45, 2.75) is 32.6 Å². The molecule has 1 N–H and O–H groups in total. The molecule has 0 saturated heterocycles. The minimum absolute atomic E-state index is 0.0917. The number of rotatable bonds is 9. The molecule has 1 unspecified atom stereocenters. The van der Waals surface area contributed by atoms with Crippen LogP contribution in [-0.4, -0.2) is 30.2 Å². The second-order valence-electron chi connectivity index (χ2n) is 3.66. The molecule has 0 bridgehead atoms. The molecule has 0 aliphatic carbocycles. The molecule has 0 aromatic heterocycles. The third-order valence-corrected chi connectivity index (χ3v) is 2.21. The summed E-state index contributed by atoms with van der Waals surface area (Å²) >= 11 is 0. The van der Waals surface area contributed by atoms with E-state index in [4.69, 9.17) is 15.4 Å². The van der Waals surface area contributed by atoms with Crippen LogP contribution in [0.4, 0.5) is 0 Å². The maximum absolute atomic E-state index is 11.1. The molecule has 7 nitrogen and oxygen atoms in total. The lowest BCUT2D eigenvalue weighted by Gasteiger charge is -2.05. The van der Waals surface area contributed by atoms with Gasteiger partial charge in [-0.1, -0.05) is 18.5 Å². The Hall–Kier alpha value is -1.75. The molecule has 0 fully saturated rings. The van der Waals surface area contributed by atoms with Crippen molar-refractivity contribution in [2.75, 3.05) is 13.2 Å². The SMILES string of the molecule is CC(CCCCC(=O)OCCN=[N+]=[N-])C(=O)O. The van der Waals surface area contributed by atoms with Gasteiger partial charge in [0.05, 0.1) is 19.1 Å². The Morgan fingerprint density at radius 1 is 1.47 bits per heavy atom. The quantitative estimate of drug-likeness (QED) is 0.219. The first-order chi connectivity index (χ1) is 8.07. The molecule has 0 aromatic carbocycles. The second-order valence-corrected chi connectivity index (χ2v) is 3.66. The van der Waals surface area contributed by atoms with Gasteiger partial charge in [0.25, 0.3) is 0 Å². The highest BCUT2D eigenvalue weighted by molar-refractivity contribution is 5.70. The van der Waals surface area contributed by atoms with Gasteiger partial charge in [-0.3, -0.25) is 9.59 Å². The Morgan fingerprint density at radius 3 is 2.76 bits per heavy atom. The highest BCUT2D eigenvalue weighted by atomic mass is 16.5. The van der Waals surface area contributed by atoms with Crippen LogP contribution in [0.5, 0.6) is 0 Å². The predicted octanol–water partition coefficient (Wildman–Crippen LogP) is 2.12. The fraction of sp³-hybridized carbons (Fsp3) is 0.800. The number of carboxylic acid groups (broad SMARTS) is 1. The smallest absolute Gasteiger partial charge is 0.306 e. The molecule has 0 spiro atoms. The van der Waals surface area contributed by atoms with Crippen molar-refractivity contribution in [3.63, 3.8) is 0 Å². The van der Waals surface area contributed by atoms with Crippen molar-refractivity contribution in [3.05, 3.63) is 10.4 Å². The van der Waals surface area contributed by atoms with Crippen molar-refractivity contribution >= 4 is 11.9 Å². The van der Waals surface area contributed by atoms with E-state index < -0.39 is 5.97 Å². The summed E-state index contributed by atoms with van der Waals surface area (Å²) in [7, 11) is 0. The second kappa shape index (κ2) is 9.47. The van der Waals surface area contributed by atoms with Crippen LogP contribution in [-0.2, 0) is 14.3 Å². The van der Waals surface area contributed by atoms with E-state index in [2.05, 4.69) is 10.0 Å². The fourth-order valence-corrected chi connectivity index (χ4v) is 1.16. The average molecular weight is 243 g/mol. The van der Waals surface area contributed by atoms with E-state index in [0.717, 1.165) is 0 Å². The molecule has 0 radical (unpaired) electrons. The van der Waals surface area contributed by atoms with Gasteiger partial charge in [-0.05, 0) is 18.4 Å². The van der Waals surface area contributed by atoms with E-state index in [1.54, 1.807) is 6.92 Å². The summed E-state index contributed by atoms with van der Waals surface area (Å²) < 4.78 is 4.78. The number of hydrogen-bond acceptors (Lipinski definition) is 4. The van der Waals surface area contributed by atoms with Gasteiger partial charge in [-0.25, -0.2) is 0 Å². The third-order valence-electron chi connectivity index (χ3n) is 2.21. The summed E-state index contributed by atoms with van der Waals surface area (Å²) in [5.41, 5.74) is 7.97. The first kappa shape index (κ1) is 15.2. The number of carbonyl (C=O) groups excluding carboxylic acids is 1. The zero-order valence-corrected chi connectivity index (χ0v) is 9.83. The van der Waals surface area contributed by atoms with Crippen LogP contribution >= 0.6 is 0 Å². The van der Waals surface area contributed by atoms with E-state index in [1.165, 1.54) is 0 Å². The van der Waals surface area contributed by atoms with Gasteiger partial charge in [0, 0.05) is 11.3 Å². The molecule has 0 saturated carbocycles. The van der Waals surface area contributed by atoms with Crippen LogP contribution in [0.25, 0.3) is 10.4 Å². The first-order valence-electron chi connectivity index (χ1n) is 5.47. The summed E-state index contributed by atoms with van der Waals surface area (Å²) in [6.07, 6.45) is 2.11. The van der Waals surface area contributed by atoms with Crippen LogP contribution in [0.1, 0.15) is 32.6 Å². The lowest BCUT2D eigenvalue weighted by Crippen LogP contribution is -2.10. The third kappa shape index (κ3) is 9.19. The predicted molar refractivity (Wildman–Crippen MR) is 60.2 cm³/mol. The minimum atomic E-state index is -0.818. The zero-order valence-electron chi connectivity index (χ0n) is 9.83. The molecule has 0 aromatic rings. The number of nitrogens with zero attached hydrogens (tertiary/aromatic N) is 3. The van der Waals surface area contributed by atoms with Gasteiger partial charge >= 0.3 is 11.9 Å². The average Bonchev–Trinajstić information content (AvgIpc) is 2.29. The molecule has 7 heteroatoms. The van der Waals surface area contributed by atoms with Crippen LogP contribution in [0, 0.1) is 5.92 Å². The Balaban J connectivity index is 3.45. The maximum atomic E-state index is 11.1. The van der Waals surface area contributed by atoms with Gasteiger partial charge < -0.3 is 9.84 Å². The normalized spacial score (nSPS) is 11.4. The molecule has 17 heavy (non-hydrogen) atoms. The van der Waals surface area contributed by atoms with Crippen molar-refractivity contribution in [3.8, 4) is 0 Å². The lowest BCUT2D eigenvalue weighted by molar-refractivity contribution is -0.143. The number of carbonyl (C=O) groups is 2. The highest BCUT2D eigenvalue weighted by Gasteiger charge is 2.10. The van der Waals surface area contributed by atoms with Gasteiger partial charge in [-0.15, -0.1) is 0 Å². The number of carboxylic acids is 1. The molecule has 1 atom stereocenters. The van der Waals surface area contributed by atoms with Gasteiger partial charge in [0.2, 0.25) is 0 Å². The molecular formula is C10H17N3O4. The summed E-state index contributed by atoms with van der Waals surface area (Å²) in [6, 6.07) is 0. The fourth-order valence-electron chi connectivity index (χ4n) is 1.16. The zero-order chi connectivity index (χ0) is 13.1. The number of ether oxygens (including phenoxy) is 1. The van der Waals surface area contributed by atoms with Crippen LogP contribution in [0.15, 0.2) is 5.11 Å². The summed E-state index contributed by atoms with van der Waals surface area (Å²) in [5, 5.41) is 11.8. The van der Waals surface area contributed by atoms with Gasteiger partial charge in [0.1, 0.15) is 0 Å². The monoisotopic (exact) mass is 243 g/mol. The summed E-state index contributed by atoms with van der Waals surface area (Å²) in [6.45, 7) is 1.87. The standard InChI is InChI=1S/C10H17N3O4/c1-8(10(15)16)4-2-3-5-9(14)17-7-6-12-13-11/h8H,2-7H2,1H3,(H,15,16). The number of aliphatic carboxylic acids is 1. The molecule has 96 valence electrons. The maximum Gasteiger partial charge on any atom is 0.306 e. The lowest BCUT2D eigenvalue weighted by atomic mass is 10.0. The van der Waals surface area contributed by atoms with Crippen LogP contribution in [0.2, 0.25) is 0 Å². The molecule has 0 heterocycles. The van der Waals surface area contributed by atoms with E-state index in [0.29, 0.717) is 19.3 Å². The topological polar surface area (TPSA) is 112 Å².